The highest BCUT2D eigenvalue weighted by atomic mass is 32.2. The Morgan fingerprint density at radius 2 is 1.86 bits per heavy atom. The second-order valence-electron chi connectivity index (χ2n) is 6.47. The van der Waals surface area contributed by atoms with Crippen molar-refractivity contribution in [3.63, 3.8) is 0 Å². The first-order chi connectivity index (χ1) is 14.1. The molecular weight excluding hydrogens is 386 g/mol. The molecule has 0 aliphatic carbocycles. The van der Waals surface area contributed by atoms with E-state index in [0.717, 1.165) is 23.4 Å². The van der Waals surface area contributed by atoms with Crippen LogP contribution in [0.3, 0.4) is 0 Å². The fraction of sp³-hybridized carbons (Fsp3) is 0.333. The van der Waals surface area contributed by atoms with E-state index < -0.39 is 0 Å². The molecule has 0 radical (unpaired) electrons. The van der Waals surface area contributed by atoms with Crippen LogP contribution in [0.15, 0.2) is 53.9 Å². The molecule has 1 atom stereocenters. The van der Waals surface area contributed by atoms with E-state index in [1.54, 1.807) is 12.4 Å². The SMILES string of the molecule is CCOc1ccc(-n2c(SCC(=O)NC(C)CC)nnc2-c2ccncc2)cc1. The van der Waals surface area contributed by atoms with Crippen LogP contribution in [0.4, 0.5) is 0 Å². The van der Waals surface area contributed by atoms with E-state index >= 15 is 0 Å². The highest BCUT2D eigenvalue weighted by Gasteiger charge is 2.17. The molecule has 0 aliphatic heterocycles. The maximum absolute atomic E-state index is 12.2. The highest BCUT2D eigenvalue weighted by molar-refractivity contribution is 7.99. The minimum absolute atomic E-state index is 0.0175. The molecule has 1 unspecified atom stereocenters. The molecule has 0 saturated carbocycles. The third kappa shape index (κ3) is 5.35. The summed E-state index contributed by atoms with van der Waals surface area (Å²) in [6.45, 7) is 6.60. The number of nitrogens with one attached hydrogen (secondary N) is 1. The van der Waals surface area contributed by atoms with Crippen molar-refractivity contribution in [2.75, 3.05) is 12.4 Å². The lowest BCUT2D eigenvalue weighted by Crippen LogP contribution is -2.33. The van der Waals surface area contributed by atoms with Gasteiger partial charge in [0, 0.05) is 29.7 Å². The second-order valence-corrected chi connectivity index (χ2v) is 7.41. The molecule has 3 rings (SSSR count). The average Bonchev–Trinajstić information content (AvgIpc) is 3.17. The summed E-state index contributed by atoms with van der Waals surface area (Å²) in [7, 11) is 0. The molecule has 0 spiro atoms. The molecule has 3 aromatic rings. The Bertz CT molecular complexity index is 928. The molecule has 1 N–H and O–H groups in total. The maximum Gasteiger partial charge on any atom is 0.230 e. The number of thioether (sulfide) groups is 1. The number of carbonyl (C=O) groups excluding carboxylic acids is 1. The molecule has 7 nitrogen and oxygen atoms in total. The summed E-state index contributed by atoms with van der Waals surface area (Å²) in [4.78, 5) is 16.3. The molecule has 1 amide bonds. The summed E-state index contributed by atoms with van der Waals surface area (Å²) in [6, 6.07) is 11.7. The van der Waals surface area contributed by atoms with Gasteiger partial charge in [0.15, 0.2) is 11.0 Å². The van der Waals surface area contributed by atoms with Crippen LogP contribution >= 0.6 is 11.8 Å². The van der Waals surface area contributed by atoms with Crippen LogP contribution in [-0.2, 0) is 4.79 Å². The second kappa shape index (κ2) is 10.1. The maximum atomic E-state index is 12.2. The van der Waals surface area contributed by atoms with E-state index in [4.69, 9.17) is 4.74 Å². The highest BCUT2D eigenvalue weighted by Crippen LogP contribution is 2.28. The summed E-state index contributed by atoms with van der Waals surface area (Å²) < 4.78 is 7.49. The topological polar surface area (TPSA) is 81.9 Å². The van der Waals surface area contributed by atoms with Crippen molar-refractivity contribution in [3.8, 4) is 22.8 Å². The number of hydrogen-bond donors (Lipinski definition) is 1. The fourth-order valence-electron chi connectivity index (χ4n) is 2.69. The van der Waals surface area contributed by atoms with Gasteiger partial charge in [-0.2, -0.15) is 0 Å². The zero-order valence-electron chi connectivity index (χ0n) is 16.8. The van der Waals surface area contributed by atoms with Crippen LogP contribution in [-0.4, -0.2) is 44.1 Å². The number of hydrogen-bond acceptors (Lipinski definition) is 6. The number of ether oxygens (including phenoxy) is 1. The number of nitrogens with zero attached hydrogens (tertiary/aromatic N) is 4. The van der Waals surface area contributed by atoms with Gasteiger partial charge in [0.25, 0.3) is 0 Å². The molecule has 2 aromatic heterocycles. The Labute approximate surface area is 174 Å². The number of carbonyl (C=O) groups is 1. The third-order valence-electron chi connectivity index (χ3n) is 4.33. The number of benzene rings is 1. The van der Waals surface area contributed by atoms with Gasteiger partial charge >= 0.3 is 0 Å². The zero-order valence-corrected chi connectivity index (χ0v) is 17.6. The Balaban J connectivity index is 1.90. The molecule has 2 heterocycles. The fourth-order valence-corrected chi connectivity index (χ4v) is 3.45. The summed E-state index contributed by atoms with van der Waals surface area (Å²) in [5, 5.41) is 12.4. The van der Waals surface area contributed by atoms with Crippen molar-refractivity contribution >= 4 is 17.7 Å². The number of pyridine rings is 1. The Morgan fingerprint density at radius 3 is 2.52 bits per heavy atom. The molecule has 0 fully saturated rings. The van der Waals surface area contributed by atoms with Crippen LogP contribution in [0.25, 0.3) is 17.1 Å². The van der Waals surface area contributed by atoms with Gasteiger partial charge in [-0.25, -0.2) is 0 Å². The third-order valence-corrected chi connectivity index (χ3v) is 5.26. The van der Waals surface area contributed by atoms with Crippen molar-refractivity contribution in [2.24, 2.45) is 0 Å². The average molecular weight is 412 g/mol. The van der Waals surface area contributed by atoms with E-state index in [0.29, 0.717) is 17.6 Å². The van der Waals surface area contributed by atoms with Gasteiger partial charge in [0.05, 0.1) is 12.4 Å². The van der Waals surface area contributed by atoms with Crippen LogP contribution in [0.1, 0.15) is 27.2 Å². The zero-order chi connectivity index (χ0) is 20.6. The van der Waals surface area contributed by atoms with Gasteiger partial charge in [-0.3, -0.25) is 14.3 Å². The lowest BCUT2D eigenvalue weighted by molar-refractivity contribution is -0.119. The first kappa shape index (κ1) is 20.9. The van der Waals surface area contributed by atoms with E-state index in [2.05, 4.69) is 20.5 Å². The predicted molar refractivity (Wildman–Crippen MR) is 114 cm³/mol. The summed E-state index contributed by atoms with van der Waals surface area (Å²) >= 11 is 1.36. The molecule has 29 heavy (non-hydrogen) atoms. The summed E-state index contributed by atoms with van der Waals surface area (Å²) in [5.41, 5.74) is 1.80. The van der Waals surface area contributed by atoms with E-state index in [1.165, 1.54) is 11.8 Å². The Morgan fingerprint density at radius 1 is 1.14 bits per heavy atom. The Kier molecular flexibility index (Phi) is 7.24. The van der Waals surface area contributed by atoms with E-state index in [-0.39, 0.29) is 17.7 Å². The number of rotatable bonds is 9. The molecule has 1 aromatic carbocycles. The summed E-state index contributed by atoms with van der Waals surface area (Å²) in [6.07, 6.45) is 4.34. The quantitative estimate of drug-likeness (QED) is 0.540. The molecule has 0 saturated heterocycles. The standard InChI is InChI=1S/C21H25N5O2S/c1-4-15(3)23-19(27)14-29-21-25-24-20(16-10-12-22-13-11-16)26(21)17-6-8-18(9-7-17)28-5-2/h6-13,15H,4-5,14H2,1-3H3,(H,23,27). The lowest BCUT2D eigenvalue weighted by Gasteiger charge is -2.13. The molecule has 8 heteroatoms. The van der Waals surface area contributed by atoms with E-state index in [9.17, 15) is 4.79 Å². The van der Waals surface area contributed by atoms with Crippen molar-refractivity contribution in [1.29, 1.82) is 0 Å². The minimum atomic E-state index is -0.0175. The lowest BCUT2D eigenvalue weighted by atomic mass is 10.2. The van der Waals surface area contributed by atoms with Gasteiger partial charge in [0.2, 0.25) is 5.91 Å². The van der Waals surface area contributed by atoms with Gasteiger partial charge in [0.1, 0.15) is 5.75 Å². The van der Waals surface area contributed by atoms with Crippen molar-refractivity contribution in [2.45, 2.75) is 38.4 Å². The number of aromatic nitrogens is 4. The van der Waals surface area contributed by atoms with Crippen LogP contribution in [0, 0.1) is 0 Å². The van der Waals surface area contributed by atoms with E-state index in [1.807, 2.05) is 61.7 Å². The molecular formula is C21H25N5O2S. The first-order valence-electron chi connectivity index (χ1n) is 9.63. The van der Waals surface area contributed by atoms with Crippen LogP contribution in [0.5, 0.6) is 5.75 Å². The Hall–Kier alpha value is -2.87. The largest absolute Gasteiger partial charge is 0.494 e. The monoisotopic (exact) mass is 411 g/mol. The van der Waals surface area contributed by atoms with Crippen molar-refractivity contribution < 1.29 is 9.53 Å². The smallest absolute Gasteiger partial charge is 0.230 e. The van der Waals surface area contributed by atoms with Crippen molar-refractivity contribution in [3.05, 3.63) is 48.8 Å². The molecule has 0 aliphatic rings. The van der Waals surface area contributed by atoms with Crippen LogP contribution in [0.2, 0.25) is 0 Å². The first-order valence-corrected chi connectivity index (χ1v) is 10.6. The normalized spacial score (nSPS) is 11.8. The van der Waals surface area contributed by atoms with Gasteiger partial charge in [-0.15, -0.1) is 10.2 Å². The summed E-state index contributed by atoms with van der Waals surface area (Å²) in [5.74, 6) is 1.75. The van der Waals surface area contributed by atoms with Gasteiger partial charge in [-0.1, -0.05) is 18.7 Å². The molecule has 0 bridgehead atoms. The number of amides is 1. The minimum Gasteiger partial charge on any atom is -0.494 e. The van der Waals surface area contributed by atoms with Gasteiger partial charge < -0.3 is 10.1 Å². The van der Waals surface area contributed by atoms with Crippen molar-refractivity contribution in [1.82, 2.24) is 25.1 Å². The van der Waals surface area contributed by atoms with Crippen LogP contribution < -0.4 is 10.1 Å². The van der Waals surface area contributed by atoms with Gasteiger partial charge in [-0.05, 0) is 56.7 Å². The predicted octanol–water partition coefficient (Wildman–Crippen LogP) is 3.73. The molecule has 152 valence electrons.